The molecule has 166 valence electrons. The van der Waals surface area contributed by atoms with Crippen LogP contribution in [-0.4, -0.2) is 63.7 Å². The van der Waals surface area contributed by atoms with Crippen molar-refractivity contribution < 1.29 is 37.1 Å². The number of aldehydes is 1. The molecule has 0 bridgehead atoms. The number of phosphoric ester groups is 1. The number of rotatable bonds is 11. The maximum atomic E-state index is 13.3. The van der Waals surface area contributed by atoms with Gasteiger partial charge < -0.3 is 19.0 Å². The van der Waals surface area contributed by atoms with Crippen LogP contribution in [0, 0.1) is 29.1 Å². The van der Waals surface area contributed by atoms with Gasteiger partial charge in [-0.05, 0) is 19.8 Å². The Hall–Kier alpha value is -0.850. The predicted molar refractivity (Wildman–Crippen MR) is 103 cm³/mol. The molecule has 2 aliphatic heterocycles. The minimum absolute atomic E-state index is 0.0242. The molecule has 2 rings (SSSR count). The number of nitriles is 1. The summed E-state index contributed by atoms with van der Waals surface area (Å²) in [6.07, 6.45) is -0.890. The largest absolute Gasteiger partial charge is 0.475 e. The van der Waals surface area contributed by atoms with Crippen LogP contribution in [0.4, 0.5) is 0 Å². The molecule has 10 heteroatoms. The molecule has 0 saturated carbocycles. The first-order valence-electron chi connectivity index (χ1n) is 9.96. The number of hydrogen-bond acceptors (Lipinski definition) is 9. The van der Waals surface area contributed by atoms with Crippen molar-refractivity contribution in [1.29, 1.82) is 5.26 Å². The second kappa shape index (κ2) is 11.0. The number of ether oxygens (including phenoxy) is 3. The van der Waals surface area contributed by atoms with Crippen molar-refractivity contribution in [2.45, 2.75) is 64.6 Å². The van der Waals surface area contributed by atoms with Gasteiger partial charge in [-0.1, -0.05) is 13.8 Å². The van der Waals surface area contributed by atoms with E-state index in [0.717, 1.165) is 6.29 Å². The van der Waals surface area contributed by atoms with Crippen LogP contribution in [0.25, 0.3) is 0 Å². The Labute approximate surface area is 172 Å². The lowest BCUT2D eigenvalue weighted by Gasteiger charge is -2.27. The van der Waals surface area contributed by atoms with Gasteiger partial charge in [-0.25, -0.2) is 4.57 Å². The molecule has 0 radical (unpaired) electrons. The SMILES string of the molecule is COCC1OC(C)C(C)C1OP(=O)(OCCC#N)OCC1OC(C)C(C)C1C=O. The standard InChI is InChI=1S/C19H32NO8P/c1-12-14(3)26-17(16(12)9-21)11-25-29(22,24-8-6-7-20)28-19-13(2)15(4)27-18(19)10-23-5/h9,12-19H,6,8,10-11H2,1-5H3. The van der Waals surface area contributed by atoms with Crippen LogP contribution in [0.15, 0.2) is 0 Å². The van der Waals surface area contributed by atoms with Crippen molar-refractivity contribution in [3.05, 3.63) is 0 Å². The molecule has 0 amide bonds. The van der Waals surface area contributed by atoms with E-state index < -0.39 is 26.1 Å². The van der Waals surface area contributed by atoms with E-state index in [1.807, 2.05) is 33.8 Å². The van der Waals surface area contributed by atoms with Gasteiger partial charge in [0.15, 0.2) is 0 Å². The summed E-state index contributed by atoms with van der Waals surface area (Å²) in [5.74, 6) is -0.416. The molecule has 0 spiro atoms. The summed E-state index contributed by atoms with van der Waals surface area (Å²) in [6.45, 7) is 7.70. The van der Waals surface area contributed by atoms with Crippen molar-refractivity contribution >= 4 is 14.1 Å². The monoisotopic (exact) mass is 433 g/mol. The zero-order chi connectivity index (χ0) is 21.6. The highest BCUT2D eigenvalue weighted by molar-refractivity contribution is 7.48. The van der Waals surface area contributed by atoms with Crippen LogP contribution < -0.4 is 0 Å². The molecule has 2 saturated heterocycles. The van der Waals surface area contributed by atoms with Gasteiger partial charge in [-0.3, -0.25) is 13.6 Å². The van der Waals surface area contributed by atoms with E-state index in [0.29, 0.717) is 0 Å². The molecule has 0 aromatic rings. The second-order valence-electron chi connectivity index (χ2n) is 7.70. The summed E-state index contributed by atoms with van der Waals surface area (Å²) in [5, 5.41) is 8.77. The normalized spacial score (nSPS) is 39.2. The summed E-state index contributed by atoms with van der Waals surface area (Å²) in [6, 6.07) is 1.93. The van der Waals surface area contributed by atoms with Crippen LogP contribution in [0.1, 0.15) is 34.1 Å². The van der Waals surface area contributed by atoms with Crippen molar-refractivity contribution in [3.63, 3.8) is 0 Å². The van der Waals surface area contributed by atoms with Gasteiger partial charge in [-0.15, -0.1) is 0 Å². The fraction of sp³-hybridized carbons (Fsp3) is 0.895. The Morgan fingerprint density at radius 2 is 1.69 bits per heavy atom. The quantitative estimate of drug-likeness (QED) is 0.276. The molecule has 0 aliphatic carbocycles. The molecule has 29 heavy (non-hydrogen) atoms. The van der Waals surface area contributed by atoms with E-state index in [4.69, 9.17) is 33.0 Å². The van der Waals surface area contributed by atoms with E-state index in [1.165, 1.54) is 0 Å². The van der Waals surface area contributed by atoms with E-state index >= 15 is 0 Å². The average Bonchev–Trinajstić information content (AvgIpc) is 3.10. The first-order valence-corrected chi connectivity index (χ1v) is 11.4. The topological polar surface area (TPSA) is 113 Å². The minimum Gasteiger partial charge on any atom is -0.382 e. The summed E-state index contributed by atoms with van der Waals surface area (Å²) in [5.41, 5.74) is 0. The van der Waals surface area contributed by atoms with Gasteiger partial charge in [0.2, 0.25) is 0 Å². The Morgan fingerprint density at radius 1 is 1.03 bits per heavy atom. The van der Waals surface area contributed by atoms with Gasteiger partial charge in [0, 0.05) is 18.9 Å². The van der Waals surface area contributed by atoms with E-state index in [1.54, 1.807) is 7.11 Å². The van der Waals surface area contributed by atoms with Crippen LogP contribution in [0.2, 0.25) is 0 Å². The third kappa shape index (κ3) is 6.08. The van der Waals surface area contributed by atoms with Crippen LogP contribution in [0.5, 0.6) is 0 Å². The maximum Gasteiger partial charge on any atom is 0.475 e. The Kier molecular flexibility index (Phi) is 9.23. The lowest BCUT2D eigenvalue weighted by molar-refractivity contribution is -0.114. The molecule has 2 aliphatic rings. The molecule has 9 atom stereocenters. The number of carbonyl (C=O) groups is 1. The molecule has 2 fully saturated rings. The Bertz CT molecular complexity index is 626. The smallest absolute Gasteiger partial charge is 0.382 e. The highest BCUT2D eigenvalue weighted by atomic mass is 31.2. The Morgan fingerprint density at radius 3 is 2.31 bits per heavy atom. The van der Waals surface area contributed by atoms with Gasteiger partial charge >= 0.3 is 7.82 Å². The van der Waals surface area contributed by atoms with E-state index in [2.05, 4.69) is 0 Å². The fourth-order valence-corrected chi connectivity index (χ4v) is 5.13. The lowest BCUT2D eigenvalue weighted by Crippen LogP contribution is -2.32. The molecular weight excluding hydrogens is 401 g/mol. The van der Waals surface area contributed by atoms with Gasteiger partial charge in [-0.2, -0.15) is 5.26 Å². The van der Waals surface area contributed by atoms with Crippen LogP contribution >= 0.6 is 7.82 Å². The zero-order valence-electron chi connectivity index (χ0n) is 17.7. The third-order valence-electron chi connectivity index (χ3n) is 5.78. The maximum absolute atomic E-state index is 13.3. The fourth-order valence-electron chi connectivity index (χ4n) is 3.66. The van der Waals surface area contributed by atoms with Crippen molar-refractivity contribution in [2.75, 3.05) is 26.9 Å². The number of carbonyl (C=O) groups excluding carboxylic acids is 1. The minimum atomic E-state index is -4.03. The second-order valence-corrected chi connectivity index (χ2v) is 9.32. The van der Waals surface area contributed by atoms with Crippen LogP contribution in [0.3, 0.4) is 0 Å². The van der Waals surface area contributed by atoms with Gasteiger partial charge in [0.25, 0.3) is 0 Å². The van der Waals surface area contributed by atoms with Crippen molar-refractivity contribution in [3.8, 4) is 6.07 Å². The molecule has 9 unspecified atom stereocenters. The number of nitrogens with zero attached hydrogens (tertiary/aromatic N) is 1. The summed E-state index contributed by atoms with van der Waals surface area (Å²) in [4.78, 5) is 11.4. The van der Waals surface area contributed by atoms with E-state index in [-0.39, 0.29) is 56.2 Å². The van der Waals surface area contributed by atoms with Gasteiger partial charge in [0.1, 0.15) is 18.5 Å². The van der Waals surface area contributed by atoms with Crippen molar-refractivity contribution in [2.24, 2.45) is 17.8 Å². The molecule has 0 aromatic heterocycles. The van der Waals surface area contributed by atoms with Gasteiger partial charge in [0.05, 0.1) is 50.6 Å². The number of hydrogen-bond donors (Lipinski definition) is 0. The summed E-state index contributed by atoms with van der Waals surface area (Å²) >= 11 is 0. The number of phosphoric acid groups is 1. The molecule has 0 aromatic carbocycles. The first-order chi connectivity index (χ1) is 13.8. The highest BCUT2D eigenvalue weighted by Gasteiger charge is 2.47. The summed E-state index contributed by atoms with van der Waals surface area (Å²) < 4.78 is 46.9. The molecular formula is C19H32NO8P. The first kappa shape index (κ1) is 24.4. The average molecular weight is 433 g/mol. The highest BCUT2D eigenvalue weighted by Crippen LogP contribution is 2.54. The van der Waals surface area contributed by atoms with Crippen molar-refractivity contribution in [1.82, 2.24) is 0 Å². The lowest BCUT2D eigenvalue weighted by atomic mass is 9.91. The third-order valence-corrected chi connectivity index (χ3v) is 7.25. The number of methoxy groups -OCH3 is 1. The molecule has 0 N–H and O–H groups in total. The zero-order valence-corrected chi connectivity index (χ0v) is 18.6. The molecule has 2 heterocycles. The van der Waals surface area contributed by atoms with Crippen LogP contribution in [-0.2, 0) is 37.1 Å². The Balaban J connectivity index is 2.10. The predicted octanol–water partition coefficient (Wildman–Crippen LogP) is 2.73. The summed E-state index contributed by atoms with van der Waals surface area (Å²) in [7, 11) is -2.49. The van der Waals surface area contributed by atoms with E-state index in [9.17, 15) is 9.36 Å². The molecule has 9 nitrogen and oxygen atoms in total.